The van der Waals surface area contributed by atoms with Crippen LogP contribution in [0, 0.1) is 11.7 Å². The fourth-order valence-corrected chi connectivity index (χ4v) is 3.91. The normalized spacial score (nSPS) is 20.2. The zero-order chi connectivity index (χ0) is 15.6. The number of hydrogen-bond donors (Lipinski definition) is 1. The van der Waals surface area contributed by atoms with Gasteiger partial charge in [-0.25, -0.2) is 12.8 Å². The number of nitrogen functional groups attached to an aromatic ring is 1. The molecule has 2 rings (SSSR count). The van der Waals surface area contributed by atoms with Gasteiger partial charge in [0.25, 0.3) is 0 Å². The number of carbonyl (C=O) groups excluding carboxylic acids is 1. The van der Waals surface area contributed by atoms with Crippen LogP contribution in [0.1, 0.15) is 12.8 Å². The van der Waals surface area contributed by atoms with Gasteiger partial charge < -0.3 is 10.5 Å². The summed E-state index contributed by atoms with van der Waals surface area (Å²) in [5.74, 6) is -1.56. The van der Waals surface area contributed by atoms with Crippen molar-refractivity contribution in [1.82, 2.24) is 4.31 Å². The predicted molar refractivity (Wildman–Crippen MR) is 74.3 cm³/mol. The van der Waals surface area contributed by atoms with Gasteiger partial charge in [0.15, 0.2) is 0 Å². The van der Waals surface area contributed by atoms with Gasteiger partial charge in [-0.3, -0.25) is 4.79 Å². The molecular weight excluding hydrogens is 299 g/mol. The third-order valence-corrected chi connectivity index (χ3v) is 5.39. The van der Waals surface area contributed by atoms with E-state index in [0.717, 1.165) is 12.1 Å². The lowest BCUT2D eigenvalue weighted by Gasteiger charge is -2.30. The Hall–Kier alpha value is -1.67. The Bertz CT molecular complexity index is 648. The zero-order valence-electron chi connectivity index (χ0n) is 11.6. The summed E-state index contributed by atoms with van der Waals surface area (Å²) in [4.78, 5) is 11.5. The molecule has 0 aliphatic carbocycles. The van der Waals surface area contributed by atoms with Crippen LogP contribution in [0.4, 0.5) is 10.1 Å². The molecule has 0 aromatic heterocycles. The first-order valence-corrected chi connectivity index (χ1v) is 7.93. The SMILES string of the molecule is COC(=O)C1CCCN(S(=O)(=O)c2ccc(F)c(N)c2)C1. The number of carbonyl (C=O) groups is 1. The summed E-state index contributed by atoms with van der Waals surface area (Å²) in [6.45, 7) is 0.374. The van der Waals surface area contributed by atoms with Crippen LogP contribution >= 0.6 is 0 Å². The summed E-state index contributed by atoms with van der Waals surface area (Å²) in [5, 5.41) is 0. The van der Waals surface area contributed by atoms with Crippen LogP contribution in [0.5, 0.6) is 0 Å². The van der Waals surface area contributed by atoms with Crippen molar-refractivity contribution in [3.05, 3.63) is 24.0 Å². The third-order valence-electron chi connectivity index (χ3n) is 3.52. The second-order valence-electron chi connectivity index (χ2n) is 4.91. The Kier molecular flexibility index (Phi) is 4.48. The van der Waals surface area contributed by atoms with E-state index < -0.39 is 27.7 Å². The topological polar surface area (TPSA) is 89.7 Å². The van der Waals surface area contributed by atoms with Crippen LogP contribution in [0.2, 0.25) is 0 Å². The van der Waals surface area contributed by atoms with E-state index in [1.807, 2.05) is 0 Å². The maximum absolute atomic E-state index is 13.1. The first-order chi connectivity index (χ1) is 9.86. The quantitative estimate of drug-likeness (QED) is 0.663. The van der Waals surface area contributed by atoms with Crippen molar-refractivity contribution in [2.45, 2.75) is 17.7 Å². The number of hydrogen-bond acceptors (Lipinski definition) is 5. The van der Waals surface area contributed by atoms with Crippen LogP contribution < -0.4 is 5.73 Å². The molecule has 8 heteroatoms. The fourth-order valence-electron chi connectivity index (χ4n) is 2.35. The number of rotatable bonds is 3. The Morgan fingerprint density at radius 2 is 2.19 bits per heavy atom. The number of benzene rings is 1. The predicted octanol–water partition coefficient (Wildman–Crippen LogP) is 0.982. The molecule has 1 aromatic carbocycles. The lowest BCUT2D eigenvalue weighted by molar-refractivity contribution is -0.146. The number of methoxy groups -OCH3 is 1. The highest BCUT2D eigenvalue weighted by Gasteiger charge is 2.33. The van der Waals surface area contributed by atoms with Crippen LogP contribution in [0.25, 0.3) is 0 Å². The molecule has 0 saturated carbocycles. The number of nitrogens with two attached hydrogens (primary N) is 1. The van der Waals surface area contributed by atoms with Gasteiger partial charge in [-0.1, -0.05) is 0 Å². The average Bonchev–Trinajstić information content (AvgIpc) is 2.49. The summed E-state index contributed by atoms with van der Waals surface area (Å²) in [6.07, 6.45) is 1.15. The Labute approximate surface area is 122 Å². The second kappa shape index (κ2) is 5.98. The molecule has 0 spiro atoms. The van der Waals surface area contributed by atoms with Crippen molar-refractivity contribution >= 4 is 21.7 Å². The molecule has 1 heterocycles. The maximum atomic E-state index is 13.1. The van der Waals surface area contributed by atoms with Crippen molar-refractivity contribution in [2.75, 3.05) is 25.9 Å². The van der Waals surface area contributed by atoms with Crippen LogP contribution in [0.15, 0.2) is 23.1 Å². The Morgan fingerprint density at radius 3 is 2.81 bits per heavy atom. The standard InChI is InChI=1S/C13H17FN2O4S/c1-20-13(17)9-3-2-6-16(8-9)21(18,19)10-4-5-11(14)12(15)7-10/h4-5,7,9H,2-3,6,8,15H2,1H3. The van der Waals surface area contributed by atoms with E-state index in [4.69, 9.17) is 5.73 Å². The number of nitrogens with zero attached hydrogens (tertiary/aromatic N) is 1. The molecular formula is C13H17FN2O4S. The summed E-state index contributed by atoms with van der Waals surface area (Å²) in [5.41, 5.74) is 5.19. The molecule has 1 aromatic rings. The van der Waals surface area contributed by atoms with Crippen molar-refractivity contribution in [2.24, 2.45) is 5.92 Å². The first-order valence-electron chi connectivity index (χ1n) is 6.49. The third kappa shape index (κ3) is 3.16. The lowest BCUT2D eigenvalue weighted by Crippen LogP contribution is -2.42. The van der Waals surface area contributed by atoms with E-state index in [1.165, 1.54) is 17.5 Å². The molecule has 0 radical (unpaired) electrons. The number of esters is 1. The molecule has 0 amide bonds. The largest absolute Gasteiger partial charge is 0.469 e. The Balaban J connectivity index is 2.26. The summed E-state index contributed by atoms with van der Waals surface area (Å²) in [7, 11) is -2.52. The van der Waals surface area contributed by atoms with Gasteiger partial charge in [-0.15, -0.1) is 0 Å². The fraction of sp³-hybridized carbons (Fsp3) is 0.462. The molecule has 1 atom stereocenters. The molecule has 116 valence electrons. The number of anilines is 1. The number of sulfonamides is 1. The van der Waals surface area contributed by atoms with Gasteiger partial charge in [-0.05, 0) is 31.0 Å². The van der Waals surface area contributed by atoms with Crippen LogP contribution in [0.3, 0.4) is 0 Å². The van der Waals surface area contributed by atoms with Gasteiger partial charge in [-0.2, -0.15) is 4.31 Å². The van der Waals surface area contributed by atoms with Crippen molar-refractivity contribution in [3.8, 4) is 0 Å². The Morgan fingerprint density at radius 1 is 1.48 bits per heavy atom. The van der Waals surface area contributed by atoms with Crippen molar-refractivity contribution in [3.63, 3.8) is 0 Å². The molecule has 2 N–H and O–H groups in total. The molecule has 6 nitrogen and oxygen atoms in total. The van der Waals surface area contributed by atoms with Gasteiger partial charge in [0, 0.05) is 13.1 Å². The van der Waals surface area contributed by atoms with Gasteiger partial charge >= 0.3 is 5.97 Å². The number of halogens is 1. The van der Waals surface area contributed by atoms with E-state index in [0.29, 0.717) is 19.4 Å². The lowest BCUT2D eigenvalue weighted by atomic mass is 10.0. The van der Waals surface area contributed by atoms with E-state index >= 15 is 0 Å². The highest BCUT2D eigenvalue weighted by molar-refractivity contribution is 7.89. The highest BCUT2D eigenvalue weighted by Crippen LogP contribution is 2.26. The van der Waals surface area contributed by atoms with Crippen molar-refractivity contribution in [1.29, 1.82) is 0 Å². The number of piperidine rings is 1. The monoisotopic (exact) mass is 316 g/mol. The van der Waals surface area contributed by atoms with E-state index in [-0.39, 0.29) is 17.1 Å². The molecule has 1 fully saturated rings. The number of ether oxygens (including phenoxy) is 1. The summed E-state index contributed by atoms with van der Waals surface area (Å²) < 4.78 is 44.0. The maximum Gasteiger partial charge on any atom is 0.309 e. The molecule has 1 saturated heterocycles. The van der Waals surface area contributed by atoms with Gasteiger partial charge in [0.2, 0.25) is 10.0 Å². The molecule has 1 aliphatic heterocycles. The summed E-state index contributed by atoms with van der Waals surface area (Å²) in [6, 6.07) is 3.28. The first kappa shape index (κ1) is 15.7. The molecule has 21 heavy (non-hydrogen) atoms. The van der Waals surface area contributed by atoms with Crippen LogP contribution in [-0.4, -0.2) is 38.9 Å². The zero-order valence-corrected chi connectivity index (χ0v) is 12.4. The minimum absolute atomic E-state index is 0.0618. The highest BCUT2D eigenvalue weighted by atomic mass is 32.2. The minimum atomic E-state index is -3.80. The van der Waals surface area contributed by atoms with Gasteiger partial charge in [0.05, 0.1) is 23.6 Å². The van der Waals surface area contributed by atoms with E-state index in [1.54, 1.807) is 0 Å². The van der Waals surface area contributed by atoms with Crippen molar-refractivity contribution < 1.29 is 22.3 Å². The van der Waals surface area contributed by atoms with E-state index in [9.17, 15) is 17.6 Å². The van der Waals surface area contributed by atoms with E-state index in [2.05, 4.69) is 4.74 Å². The molecule has 1 aliphatic rings. The molecule has 1 unspecified atom stereocenters. The van der Waals surface area contributed by atoms with Gasteiger partial charge in [0.1, 0.15) is 5.82 Å². The average molecular weight is 316 g/mol. The second-order valence-corrected chi connectivity index (χ2v) is 6.85. The van der Waals surface area contributed by atoms with Crippen LogP contribution in [-0.2, 0) is 19.6 Å². The minimum Gasteiger partial charge on any atom is -0.469 e. The smallest absolute Gasteiger partial charge is 0.309 e. The summed E-state index contributed by atoms with van der Waals surface area (Å²) >= 11 is 0. The molecule has 0 bridgehead atoms.